The first kappa shape index (κ1) is 9.04. The first-order valence-electron chi connectivity index (χ1n) is 5.41. The molecule has 74 valence electrons. The van der Waals surface area contributed by atoms with Crippen molar-refractivity contribution in [2.24, 2.45) is 17.3 Å². The molecule has 2 heteroatoms. The quantitative estimate of drug-likeness (QED) is 0.658. The minimum absolute atomic E-state index is 0.239. The minimum Gasteiger partial charge on any atom is -0.356 e. The van der Waals surface area contributed by atoms with E-state index < -0.39 is 0 Å². The second kappa shape index (κ2) is 3.00. The second-order valence-corrected chi connectivity index (χ2v) is 5.00. The summed E-state index contributed by atoms with van der Waals surface area (Å²) >= 11 is 0. The molecule has 0 aromatic rings. The first-order chi connectivity index (χ1) is 6.13. The van der Waals surface area contributed by atoms with Crippen LogP contribution in [0.15, 0.2) is 0 Å². The van der Waals surface area contributed by atoms with Crippen molar-refractivity contribution < 1.29 is 4.79 Å². The fraction of sp³-hybridized carbons (Fsp3) is 0.909. The lowest BCUT2D eigenvalue weighted by Crippen LogP contribution is -2.29. The number of hydrogen-bond donors (Lipinski definition) is 1. The van der Waals surface area contributed by atoms with E-state index in [0.29, 0.717) is 11.3 Å². The molecule has 1 heterocycles. The molecule has 2 unspecified atom stereocenters. The topological polar surface area (TPSA) is 29.1 Å². The molecule has 2 nitrogen and oxygen atoms in total. The van der Waals surface area contributed by atoms with Crippen LogP contribution in [0.25, 0.3) is 0 Å². The molecule has 2 aliphatic rings. The molecular weight excluding hydrogens is 162 g/mol. The summed E-state index contributed by atoms with van der Waals surface area (Å²) < 4.78 is 0. The molecule has 1 aliphatic heterocycles. The Morgan fingerprint density at radius 2 is 2.00 bits per heavy atom. The maximum Gasteiger partial charge on any atom is 0.223 e. The highest BCUT2D eigenvalue weighted by Crippen LogP contribution is 2.47. The highest BCUT2D eigenvalue weighted by atomic mass is 16.2. The molecule has 1 saturated carbocycles. The summed E-state index contributed by atoms with van der Waals surface area (Å²) in [6, 6.07) is 0. The Kier molecular flexibility index (Phi) is 2.09. The van der Waals surface area contributed by atoms with Gasteiger partial charge in [-0.1, -0.05) is 26.7 Å². The van der Waals surface area contributed by atoms with Gasteiger partial charge in [0.2, 0.25) is 5.91 Å². The van der Waals surface area contributed by atoms with Crippen molar-refractivity contribution in [3.63, 3.8) is 0 Å². The Morgan fingerprint density at radius 3 is 2.46 bits per heavy atom. The maximum atomic E-state index is 11.4. The standard InChI is InChI=1S/C11H19NO/c1-8-9(7-12-10(8)13)11(2)5-3-4-6-11/h8-9H,3-7H2,1-2H3,(H,12,13). The van der Waals surface area contributed by atoms with Crippen LogP contribution in [0, 0.1) is 17.3 Å². The minimum atomic E-state index is 0.239. The van der Waals surface area contributed by atoms with E-state index in [0.717, 1.165) is 6.54 Å². The molecular formula is C11H19NO. The third kappa shape index (κ3) is 1.36. The van der Waals surface area contributed by atoms with Crippen LogP contribution in [0.3, 0.4) is 0 Å². The Morgan fingerprint density at radius 1 is 1.38 bits per heavy atom. The average molecular weight is 181 g/mol. The molecule has 0 aromatic heterocycles. The van der Waals surface area contributed by atoms with Crippen molar-refractivity contribution in [2.75, 3.05) is 6.54 Å². The van der Waals surface area contributed by atoms with Crippen molar-refractivity contribution in [2.45, 2.75) is 39.5 Å². The third-order valence-electron chi connectivity index (χ3n) is 4.15. The smallest absolute Gasteiger partial charge is 0.223 e. The highest BCUT2D eigenvalue weighted by Gasteiger charge is 2.44. The SMILES string of the molecule is CC1C(=O)NCC1C1(C)CCCC1. The van der Waals surface area contributed by atoms with Crippen LogP contribution in [0.5, 0.6) is 0 Å². The van der Waals surface area contributed by atoms with Gasteiger partial charge in [0.05, 0.1) is 0 Å². The summed E-state index contributed by atoms with van der Waals surface area (Å²) in [7, 11) is 0. The summed E-state index contributed by atoms with van der Waals surface area (Å²) in [4.78, 5) is 11.4. The van der Waals surface area contributed by atoms with Crippen LogP contribution < -0.4 is 5.32 Å². The van der Waals surface area contributed by atoms with Gasteiger partial charge in [-0.2, -0.15) is 0 Å². The van der Waals surface area contributed by atoms with Crippen LogP contribution in [-0.2, 0) is 4.79 Å². The predicted molar refractivity (Wildman–Crippen MR) is 52.2 cm³/mol. The lowest BCUT2D eigenvalue weighted by Gasteiger charge is -2.32. The van der Waals surface area contributed by atoms with Gasteiger partial charge in [-0.05, 0) is 24.2 Å². The van der Waals surface area contributed by atoms with Gasteiger partial charge < -0.3 is 5.32 Å². The molecule has 1 amide bonds. The third-order valence-corrected chi connectivity index (χ3v) is 4.15. The van der Waals surface area contributed by atoms with Crippen LogP contribution in [0.1, 0.15) is 39.5 Å². The Balaban J connectivity index is 2.12. The van der Waals surface area contributed by atoms with Gasteiger partial charge in [0.25, 0.3) is 0 Å². The average Bonchev–Trinajstić information content (AvgIpc) is 2.63. The summed E-state index contributed by atoms with van der Waals surface area (Å²) in [5, 5.41) is 2.98. The van der Waals surface area contributed by atoms with E-state index in [9.17, 15) is 4.79 Å². The van der Waals surface area contributed by atoms with Gasteiger partial charge >= 0.3 is 0 Å². The zero-order chi connectivity index (χ0) is 9.47. The number of amides is 1. The zero-order valence-electron chi connectivity index (χ0n) is 8.60. The maximum absolute atomic E-state index is 11.4. The largest absolute Gasteiger partial charge is 0.356 e. The van der Waals surface area contributed by atoms with Crippen LogP contribution >= 0.6 is 0 Å². The van der Waals surface area contributed by atoms with E-state index in [1.165, 1.54) is 25.7 Å². The van der Waals surface area contributed by atoms with E-state index in [2.05, 4.69) is 19.2 Å². The molecule has 0 bridgehead atoms. The van der Waals surface area contributed by atoms with Crippen molar-refractivity contribution in [3.05, 3.63) is 0 Å². The number of rotatable bonds is 1. The molecule has 0 radical (unpaired) electrons. The monoisotopic (exact) mass is 181 g/mol. The van der Waals surface area contributed by atoms with Gasteiger partial charge in [-0.25, -0.2) is 0 Å². The van der Waals surface area contributed by atoms with Gasteiger partial charge in [0.15, 0.2) is 0 Å². The van der Waals surface area contributed by atoms with Gasteiger partial charge in [0, 0.05) is 12.5 Å². The lowest BCUT2D eigenvalue weighted by atomic mass is 9.71. The normalized spacial score (nSPS) is 37.8. The summed E-state index contributed by atoms with van der Waals surface area (Å²) in [6.45, 7) is 5.36. The summed E-state index contributed by atoms with van der Waals surface area (Å²) in [6.07, 6.45) is 5.34. The molecule has 2 atom stereocenters. The Labute approximate surface area is 80.1 Å². The van der Waals surface area contributed by atoms with E-state index >= 15 is 0 Å². The first-order valence-corrected chi connectivity index (χ1v) is 5.41. The summed E-state index contributed by atoms with van der Waals surface area (Å²) in [5.74, 6) is 1.09. The van der Waals surface area contributed by atoms with Gasteiger partial charge in [0.1, 0.15) is 0 Å². The van der Waals surface area contributed by atoms with Crippen molar-refractivity contribution in [1.29, 1.82) is 0 Å². The number of nitrogens with one attached hydrogen (secondary N) is 1. The van der Waals surface area contributed by atoms with Crippen LogP contribution in [-0.4, -0.2) is 12.5 Å². The number of carbonyl (C=O) groups is 1. The van der Waals surface area contributed by atoms with Gasteiger partial charge in [-0.15, -0.1) is 0 Å². The highest BCUT2D eigenvalue weighted by molar-refractivity contribution is 5.80. The van der Waals surface area contributed by atoms with Crippen molar-refractivity contribution >= 4 is 5.91 Å². The molecule has 2 rings (SSSR count). The molecule has 0 spiro atoms. The fourth-order valence-corrected chi connectivity index (χ4v) is 3.13. The second-order valence-electron chi connectivity index (χ2n) is 5.00. The van der Waals surface area contributed by atoms with Crippen molar-refractivity contribution in [1.82, 2.24) is 5.32 Å². The van der Waals surface area contributed by atoms with Gasteiger partial charge in [-0.3, -0.25) is 4.79 Å². The Bertz CT molecular complexity index is 218. The van der Waals surface area contributed by atoms with Crippen molar-refractivity contribution in [3.8, 4) is 0 Å². The zero-order valence-corrected chi connectivity index (χ0v) is 8.60. The Hall–Kier alpha value is -0.530. The number of hydrogen-bond acceptors (Lipinski definition) is 1. The molecule has 0 aromatic carbocycles. The van der Waals surface area contributed by atoms with Crippen LogP contribution in [0.2, 0.25) is 0 Å². The fourth-order valence-electron chi connectivity index (χ4n) is 3.13. The molecule has 13 heavy (non-hydrogen) atoms. The molecule has 1 saturated heterocycles. The number of carbonyl (C=O) groups excluding carboxylic acids is 1. The summed E-state index contributed by atoms with van der Waals surface area (Å²) in [5.41, 5.74) is 0.443. The van der Waals surface area contributed by atoms with E-state index in [1.54, 1.807) is 0 Å². The van der Waals surface area contributed by atoms with E-state index in [4.69, 9.17) is 0 Å². The van der Waals surface area contributed by atoms with Crippen LogP contribution in [0.4, 0.5) is 0 Å². The lowest BCUT2D eigenvalue weighted by molar-refractivity contribution is -0.123. The predicted octanol–water partition coefficient (Wildman–Crippen LogP) is 1.95. The molecule has 1 aliphatic carbocycles. The molecule has 1 N–H and O–H groups in total. The molecule has 2 fully saturated rings. The van der Waals surface area contributed by atoms with E-state index in [-0.39, 0.29) is 11.8 Å². The van der Waals surface area contributed by atoms with E-state index in [1.807, 2.05) is 0 Å².